The van der Waals surface area contributed by atoms with Crippen molar-refractivity contribution in [2.24, 2.45) is 5.73 Å². The predicted molar refractivity (Wildman–Crippen MR) is 55.9 cm³/mol. The molecule has 1 saturated heterocycles. The van der Waals surface area contributed by atoms with Crippen molar-refractivity contribution >= 4 is 0 Å². The molecule has 0 amide bonds. The van der Waals surface area contributed by atoms with Crippen LogP contribution in [0.4, 0.5) is 4.39 Å². The fourth-order valence-corrected chi connectivity index (χ4v) is 2.73. The molecule has 2 rings (SSSR count). The summed E-state index contributed by atoms with van der Waals surface area (Å²) in [6.45, 7) is 2.01. The first kappa shape index (κ1) is 10.4. The number of rotatable bonds is 1. The van der Waals surface area contributed by atoms with Crippen LogP contribution in [-0.4, -0.2) is 36.2 Å². The summed E-state index contributed by atoms with van der Waals surface area (Å²) < 4.78 is 13.7. The Morgan fingerprint density at radius 3 is 2.29 bits per heavy atom. The number of hydrogen-bond donors (Lipinski definition) is 1. The van der Waals surface area contributed by atoms with Crippen molar-refractivity contribution in [3.8, 4) is 0 Å². The molecule has 2 fully saturated rings. The third kappa shape index (κ3) is 2.26. The van der Waals surface area contributed by atoms with Gasteiger partial charge in [-0.2, -0.15) is 0 Å². The molecule has 1 aliphatic carbocycles. The number of alkyl halides is 1. The molecule has 14 heavy (non-hydrogen) atoms. The zero-order chi connectivity index (χ0) is 9.97. The third-order valence-electron chi connectivity index (χ3n) is 3.69. The van der Waals surface area contributed by atoms with Crippen LogP contribution in [0.5, 0.6) is 0 Å². The van der Waals surface area contributed by atoms with E-state index in [0.717, 1.165) is 45.2 Å². The molecule has 0 bridgehead atoms. The number of hydrogen-bond acceptors (Lipinski definition) is 2. The van der Waals surface area contributed by atoms with E-state index in [2.05, 4.69) is 4.90 Å². The van der Waals surface area contributed by atoms with Crippen molar-refractivity contribution in [1.29, 1.82) is 0 Å². The van der Waals surface area contributed by atoms with E-state index in [1.165, 1.54) is 6.42 Å². The van der Waals surface area contributed by atoms with Gasteiger partial charge in [0.15, 0.2) is 0 Å². The molecule has 0 aromatic carbocycles. The Balaban J connectivity index is 1.87. The topological polar surface area (TPSA) is 29.3 Å². The Kier molecular flexibility index (Phi) is 3.39. The van der Waals surface area contributed by atoms with Crippen molar-refractivity contribution in [2.45, 2.75) is 56.8 Å². The minimum Gasteiger partial charge on any atom is -0.328 e. The highest BCUT2D eigenvalue weighted by Crippen LogP contribution is 2.27. The van der Waals surface area contributed by atoms with Gasteiger partial charge in [0, 0.05) is 25.2 Å². The zero-order valence-electron chi connectivity index (χ0n) is 8.79. The first-order valence-corrected chi connectivity index (χ1v) is 5.91. The summed E-state index contributed by atoms with van der Waals surface area (Å²) in [4.78, 5) is 2.33. The van der Waals surface area contributed by atoms with Gasteiger partial charge in [-0.15, -0.1) is 0 Å². The maximum atomic E-state index is 13.7. The van der Waals surface area contributed by atoms with Gasteiger partial charge in [-0.25, -0.2) is 4.39 Å². The average molecular weight is 200 g/mol. The van der Waals surface area contributed by atoms with Crippen LogP contribution in [0, 0.1) is 0 Å². The van der Waals surface area contributed by atoms with E-state index in [1.807, 2.05) is 0 Å². The number of halogens is 1. The lowest BCUT2D eigenvalue weighted by Gasteiger charge is -2.40. The Morgan fingerprint density at radius 1 is 1.00 bits per heavy atom. The van der Waals surface area contributed by atoms with Gasteiger partial charge >= 0.3 is 0 Å². The number of likely N-dealkylation sites (tertiary alicyclic amines) is 1. The lowest BCUT2D eigenvalue weighted by atomic mass is 9.90. The van der Waals surface area contributed by atoms with Gasteiger partial charge < -0.3 is 5.73 Å². The molecule has 1 saturated carbocycles. The molecule has 2 atom stereocenters. The Bertz CT molecular complexity index is 178. The van der Waals surface area contributed by atoms with Crippen LogP contribution in [-0.2, 0) is 0 Å². The van der Waals surface area contributed by atoms with Gasteiger partial charge in [-0.3, -0.25) is 4.90 Å². The van der Waals surface area contributed by atoms with Crippen LogP contribution >= 0.6 is 0 Å². The van der Waals surface area contributed by atoms with Crippen LogP contribution in [0.3, 0.4) is 0 Å². The summed E-state index contributed by atoms with van der Waals surface area (Å²) in [5, 5.41) is 0. The van der Waals surface area contributed by atoms with Crippen molar-refractivity contribution in [3.63, 3.8) is 0 Å². The van der Waals surface area contributed by atoms with Crippen molar-refractivity contribution < 1.29 is 4.39 Å². The maximum Gasteiger partial charge on any atom is 0.116 e. The van der Waals surface area contributed by atoms with Gasteiger partial charge in [-0.05, 0) is 25.7 Å². The molecular weight excluding hydrogens is 179 g/mol. The fourth-order valence-electron chi connectivity index (χ4n) is 2.73. The average Bonchev–Trinajstić information content (AvgIpc) is 2.20. The Hall–Kier alpha value is -0.150. The van der Waals surface area contributed by atoms with E-state index in [0.29, 0.717) is 6.04 Å². The van der Waals surface area contributed by atoms with Crippen LogP contribution in [0.1, 0.15) is 38.5 Å². The van der Waals surface area contributed by atoms with Crippen molar-refractivity contribution in [2.75, 3.05) is 13.1 Å². The lowest BCUT2D eigenvalue weighted by molar-refractivity contribution is 0.0576. The highest BCUT2D eigenvalue weighted by atomic mass is 19.1. The summed E-state index contributed by atoms with van der Waals surface area (Å²) in [6.07, 6.45) is 5.60. The van der Waals surface area contributed by atoms with Gasteiger partial charge in [0.05, 0.1) is 0 Å². The van der Waals surface area contributed by atoms with E-state index in [9.17, 15) is 4.39 Å². The summed E-state index contributed by atoms with van der Waals surface area (Å²) in [5.74, 6) is 0. The van der Waals surface area contributed by atoms with Crippen LogP contribution in [0.15, 0.2) is 0 Å². The quantitative estimate of drug-likeness (QED) is 0.698. The van der Waals surface area contributed by atoms with E-state index in [1.54, 1.807) is 0 Å². The predicted octanol–water partition coefficient (Wildman–Crippen LogP) is 1.69. The second kappa shape index (κ2) is 4.58. The summed E-state index contributed by atoms with van der Waals surface area (Å²) in [7, 11) is 0. The van der Waals surface area contributed by atoms with Gasteiger partial charge in [0.1, 0.15) is 6.17 Å². The summed E-state index contributed by atoms with van der Waals surface area (Å²) in [6, 6.07) is 0.559. The first-order valence-electron chi connectivity index (χ1n) is 5.91. The molecule has 0 spiro atoms. The van der Waals surface area contributed by atoms with Gasteiger partial charge in [0.25, 0.3) is 0 Å². The molecule has 0 aromatic heterocycles. The number of nitrogens with zero attached hydrogens (tertiary/aromatic N) is 1. The molecule has 0 aromatic rings. The highest BCUT2D eigenvalue weighted by Gasteiger charge is 2.31. The molecule has 0 radical (unpaired) electrons. The molecule has 2 N–H and O–H groups in total. The zero-order valence-corrected chi connectivity index (χ0v) is 8.79. The largest absolute Gasteiger partial charge is 0.328 e. The number of nitrogens with two attached hydrogens (primary N) is 1. The van der Waals surface area contributed by atoms with Gasteiger partial charge in [0.2, 0.25) is 0 Å². The van der Waals surface area contributed by atoms with Crippen LogP contribution < -0.4 is 5.73 Å². The van der Waals surface area contributed by atoms with Crippen LogP contribution in [0.2, 0.25) is 0 Å². The molecule has 2 nitrogen and oxygen atoms in total. The standard InChI is InChI=1S/C11H21FN2/c12-10-3-1-2-4-11(10)14-7-5-9(13)6-8-14/h9-11H,1-8,13H2. The normalized spacial score (nSPS) is 37.3. The number of piperidine rings is 1. The Morgan fingerprint density at radius 2 is 1.64 bits per heavy atom. The first-order chi connectivity index (χ1) is 6.77. The minimum absolute atomic E-state index is 0.205. The summed E-state index contributed by atoms with van der Waals surface area (Å²) >= 11 is 0. The minimum atomic E-state index is -0.585. The molecule has 1 heterocycles. The molecule has 2 unspecified atom stereocenters. The second-order valence-corrected chi connectivity index (χ2v) is 4.74. The molecule has 82 valence electrons. The highest BCUT2D eigenvalue weighted by molar-refractivity contribution is 4.86. The SMILES string of the molecule is NC1CCN(C2CCCCC2F)CC1. The maximum absolute atomic E-state index is 13.7. The molecule has 2 aliphatic rings. The van der Waals surface area contributed by atoms with E-state index >= 15 is 0 Å². The van der Waals surface area contributed by atoms with Crippen LogP contribution in [0.25, 0.3) is 0 Å². The second-order valence-electron chi connectivity index (χ2n) is 4.74. The smallest absolute Gasteiger partial charge is 0.116 e. The van der Waals surface area contributed by atoms with Crippen molar-refractivity contribution in [3.05, 3.63) is 0 Å². The molecule has 3 heteroatoms. The van der Waals surface area contributed by atoms with Gasteiger partial charge in [-0.1, -0.05) is 12.8 Å². The summed E-state index contributed by atoms with van der Waals surface area (Å²) in [5.41, 5.74) is 5.84. The van der Waals surface area contributed by atoms with E-state index < -0.39 is 6.17 Å². The fraction of sp³-hybridized carbons (Fsp3) is 1.00. The Labute approximate surface area is 85.6 Å². The third-order valence-corrected chi connectivity index (χ3v) is 3.69. The molecule has 1 aliphatic heterocycles. The lowest BCUT2D eigenvalue weighted by Crippen LogP contribution is -2.49. The van der Waals surface area contributed by atoms with E-state index in [-0.39, 0.29) is 6.04 Å². The van der Waals surface area contributed by atoms with Crippen molar-refractivity contribution in [1.82, 2.24) is 4.90 Å². The van der Waals surface area contributed by atoms with E-state index in [4.69, 9.17) is 5.73 Å². The molecular formula is C11H21FN2. The monoisotopic (exact) mass is 200 g/mol.